The van der Waals surface area contributed by atoms with Crippen molar-refractivity contribution in [3.8, 4) is 17.2 Å². The number of nitrogens with two attached hydrogens (primary N) is 1. The van der Waals surface area contributed by atoms with Crippen LogP contribution < -0.4 is 30.6 Å². The molecule has 0 aliphatic carbocycles. The van der Waals surface area contributed by atoms with Crippen molar-refractivity contribution in [2.24, 2.45) is 5.73 Å². The lowest BCUT2D eigenvalue weighted by molar-refractivity contribution is -0.383. The van der Waals surface area contributed by atoms with E-state index in [4.69, 9.17) is 25.4 Å². The Morgan fingerprint density at radius 1 is 0.969 bits per heavy atom. The number of nitrogen functional groups attached to an aromatic ring is 1. The van der Waals surface area contributed by atoms with Gasteiger partial charge in [-0.05, 0) is 24.3 Å². The van der Waals surface area contributed by atoms with E-state index in [-0.39, 0.29) is 23.2 Å². The number of nitrogens with one attached hydrogen (secondary N) is 3. The maximum atomic E-state index is 11.8. The van der Waals surface area contributed by atoms with Crippen molar-refractivity contribution < 1.29 is 19.1 Å². The standard InChI is InChI=1S/C20H21N7O5/c1-30-14-8-13(9-15(31-2)17(14)32-3)26-20-16(27(28)29)19(23-10-24-20)25-12-6-4-11(5-7-12)18(21)22/h4-10H,1-3H3,(H3,21,22)(H2,23,24,25,26). The van der Waals surface area contributed by atoms with Crippen LogP contribution in [0.1, 0.15) is 5.56 Å². The van der Waals surface area contributed by atoms with Crippen LogP contribution >= 0.6 is 0 Å². The largest absolute Gasteiger partial charge is 0.493 e. The highest BCUT2D eigenvalue weighted by molar-refractivity contribution is 5.95. The number of aromatic nitrogens is 2. The van der Waals surface area contributed by atoms with Crippen LogP contribution in [-0.4, -0.2) is 42.1 Å². The Hall–Kier alpha value is -4.61. The van der Waals surface area contributed by atoms with Crippen molar-refractivity contribution in [1.82, 2.24) is 9.97 Å². The molecule has 166 valence electrons. The predicted octanol–water partition coefficient (Wildman–Crippen LogP) is 3.18. The summed E-state index contributed by atoms with van der Waals surface area (Å²) in [6.07, 6.45) is 1.19. The third kappa shape index (κ3) is 4.59. The van der Waals surface area contributed by atoms with Crippen LogP contribution in [0.4, 0.5) is 28.7 Å². The average Bonchev–Trinajstić information content (AvgIpc) is 2.78. The van der Waals surface area contributed by atoms with E-state index in [2.05, 4.69) is 20.6 Å². The summed E-state index contributed by atoms with van der Waals surface area (Å²) < 4.78 is 15.9. The molecule has 0 fully saturated rings. The Kier molecular flexibility index (Phi) is 6.53. The summed E-state index contributed by atoms with van der Waals surface area (Å²) in [6, 6.07) is 9.70. The second-order valence-electron chi connectivity index (χ2n) is 6.33. The van der Waals surface area contributed by atoms with Gasteiger partial charge >= 0.3 is 5.69 Å². The minimum absolute atomic E-state index is 0.0180. The Bertz CT molecular complexity index is 1130. The zero-order valence-corrected chi connectivity index (χ0v) is 17.5. The third-order valence-corrected chi connectivity index (χ3v) is 4.39. The Balaban J connectivity index is 1.98. The van der Waals surface area contributed by atoms with Crippen molar-refractivity contribution in [1.29, 1.82) is 5.41 Å². The zero-order valence-electron chi connectivity index (χ0n) is 17.5. The summed E-state index contributed by atoms with van der Waals surface area (Å²) >= 11 is 0. The summed E-state index contributed by atoms with van der Waals surface area (Å²) in [5, 5.41) is 25.1. The monoisotopic (exact) mass is 439 g/mol. The maximum absolute atomic E-state index is 11.8. The summed E-state index contributed by atoms with van der Waals surface area (Å²) in [5.74, 6) is 0.984. The fourth-order valence-electron chi connectivity index (χ4n) is 2.89. The number of methoxy groups -OCH3 is 3. The van der Waals surface area contributed by atoms with Crippen molar-refractivity contribution in [3.63, 3.8) is 0 Å². The van der Waals surface area contributed by atoms with Gasteiger partial charge in [-0.3, -0.25) is 15.5 Å². The van der Waals surface area contributed by atoms with Gasteiger partial charge in [-0.15, -0.1) is 0 Å². The van der Waals surface area contributed by atoms with Gasteiger partial charge in [0.05, 0.1) is 26.3 Å². The van der Waals surface area contributed by atoms with Crippen molar-refractivity contribution in [2.45, 2.75) is 0 Å². The van der Waals surface area contributed by atoms with Crippen LogP contribution in [-0.2, 0) is 0 Å². The number of ether oxygens (including phenoxy) is 3. The molecule has 3 aromatic rings. The third-order valence-electron chi connectivity index (χ3n) is 4.39. The van der Waals surface area contributed by atoms with Gasteiger partial charge in [0, 0.05) is 29.1 Å². The van der Waals surface area contributed by atoms with E-state index in [0.29, 0.717) is 34.2 Å². The smallest absolute Gasteiger partial charge is 0.353 e. The molecule has 0 unspecified atom stereocenters. The number of hydrogen-bond donors (Lipinski definition) is 4. The van der Waals surface area contributed by atoms with E-state index in [9.17, 15) is 10.1 Å². The molecule has 0 radical (unpaired) electrons. The van der Waals surface area contributed by atoms with Crippen molar-refractivity contribution >= 4 is 34.5 Å². The molecule has 0 spiro atoms. The normalized spacial score (nSPS) is 10.2. The number of amidine groups is 1. The summed E-state index contributed by atoms with van der Waals surface area (Å²) in [6.45, 7) is 0. The van der Waals surface area contributed by atoms with Gasteiger partial charge in [0.25, 0.3) is 0 Å². The lowest BCUT2D eigenvalue weighted by atomic mass is 10.2. The quantitative estimate of drug-likeness (QED) is 0.168. The first-order valence-corrected chi connectivity index (χ1v) is 9.15. The van der Waals surface area contributed by atoms with Crippen LogP contribution in [0.3, 0.4) is 0 Å². The fraction of sp³-hybridized carbons (Fsp3) is 0.150. The molecular weight excluding hydrogens is 418 g/mol. The van der Waals surface area contributed by atoms with Crippen LogP contribution in [0.15, 0.2) is 42.7 Å². The molecular formula is C20H21N7O5. The van der Waals surface area contributed by atoms with Gasteiger partial charge in [0.1, 0.15) is 12.2 Å². The van der Waals surface area contributed by atoms with Gasteiger partial charge < -0.3 is 30.6 Å². The van der Waals surface area contributed by atoms with Gasteiger partial charge in [-0.1, -0.05) is 0 Å². The molecule has 1 aromatic heterocycles. The molecule has 0 aliphatic heterocycles. The van der Waals surface area contributed by atoms with E-state index in [0.717, 1.165) is 0 Å². The lowest BCUT2D eigenvalue weighted by Gasteiger charge is -2.15. The molecule has 0 aliphatic rings. The molecule has 12 heteroatoms. The second-order valence-corrected chi connectivity index (χ2v) is 6.33. The van der Waals surface area contributed by atoms with E-state index in [1.54, 1.807) is 36.4 Å². The first kappa shape index (κ1) is 22.1. The molecule has 3 rings (SSSR count). The molecule has 0 amide bonds. The van der Waals surface area contributed by atoms with Crippen molar-refractivity contribution in [2.75, 3.05) is 32.0 Å². The molecule has 0 atom stereocenters. The highest BCUT2D eigenvalue weighted by atomic mass is 16.6. The maximum Gasteiger partial charge on any atom is 0.353 e. The minimum atomic E-state index is -0.591. The highest BCUT2D eigenvalue weighted by Crippen LogP contribution is 2.41. The fourth-order valence-corrected chi connectivity index (χ4v) is 2.89. The van der Waals surface area contributed by atoms with Gasteiger partial charge in [-0.2, -0.15) is 0 Å². The Morgan fingerprint density at radius 3 is 1.94 bits per heavy atom. The van der Waals surface area contributed by atoms with E-state index in [1.807, 2.05) is 0 Å². The van der Waals surface area contributed by atoms with Crippen molar-refractivity contribution in [3.05, 3.63) is 58.4 Å². The van der Waals surface area contributed by atoms with E-state index < -0.39 is 4.92 Å². The predicted molar refractivity (Wildman–Crippen MR) is 119 cm³/mol. The van der Waals surface area contributed by atoms with Crippen LogP contribution in [0.25, 0.3) is 0 Å². The van der Waals surface area contributed by atoms with Crippen LogP contribution in [0.5, 0.6) is 17.2 Å². The summed E-state index contributed by atoms with van der Waals surface area (Å²) in [7, 11) is 4.41. The molecule has 32 heavy (non-hydrogen) atoms. The van der Waals surface area contributed by atoms with Crippen LogP contribution in [0.2, 0.25) is 0 Å². The van der Waals surface area contributed by atoms with Crippen LogP contribution in [0, 0.1) is 15.5 Å². The van der Waals surface area contributed by atoms with Gasteiger partial charge in [0.2, 0.25) is 17.4 Å². The molecule has 2 aromatic carbocycles. The van der Waals surface area contributed by atoms with Gasteiger partial charge in [0.15, 0.2) is 11.5 Å². The molecule has 12 nitrogen and oxygen atoms in total. The number of rotatable bonds is 9. The molecule has 5 N–H and O–H groups in total. The number of nitro groups is 1. The molecule has 0 bridgehead atoms. The van der Waals surface area contributed by atoms with E-state index >= 15 is 0 Å². The average molecular weight is 439 g/mol. The summed E-state index contributed by atoms with van der Waals surface area (Å²) in [4.78, 5) is 19.3. The first-order valence-electron chi connectivity index (χ1n) is 9.15. The Labute approximate surface area is 183 Å². The second kappa shape index (κ2) is 9.47. The molecule has 1 heterocycles. The summed E-state index contributed by atoms with van der Waals surface area (Å²) in [5.41, 5.74) is 6.57. The highest BCUT2D eigenvalue weighted by Gasteiger charge is 2.24. The minimum Gasteiger partial charge on any atom is -0.493 e. The lowest BCUT2D eigenvalue weighted by Crippen LogP contribution is -2.10. The molecule has 0 saturated heterocycles. The molecule has 0 saturated carbocycles. The number of hydrogen-bond acceptors (Lipinski definition) is 10. The topological polar surface area (TPSA) is 171 Å². The number of nitrogens with zero attached hydrogens (tertiary/aromatic N) is 3. The van der Waals surface area contributed by atoms with E-state index in [1.165, 1.54) is 27.7 Å². The SMILES string of the molecule is COc1cc(Nc2ncnc(Nc3ccc(C(=N)N)cc3)c2[N+](=O)[O-])cc(OC)c1OC. The Morgan fingerprint density at radius 2 is 1.50 bits per heavy atom. The van der Waals surface area contributed by atoms with Gasteiger partial charge in [-0.25, -0.2) is 9.97 Å². The number of benzene rings is 2. The first-order chi connectivity index (χ1) is 15.4. The number of anilines is 4. The zero-order chi connectivity index (χ0) is 23.3.